The van der Waals surface area contributed by atoms with E-state index in [2.05, 4.69) is 27.0 Å². The van der Waals surface area contributed by atoms with E-state index in [9.17, 15) is 4.79 Å². The van der Waals surface area contributed by atoms with E-state index in [0.29, 0.717) is 17.5 Å². The molecule has 2 aromatic heterocycles. The molecular weight excluding hydrogens is 372 g/mol. The monoisotopic (exact) mass is 404 g/mol. The highest BCUT2D eigenvalue weighted by Crippen LogP contribution is 2.58. The first-order chi connectivity index (χ1) is 14.7. The summed E-state index contributed by atoms with van der Waals surface area (Å²) in [5, 5.41) is 0. The van der Waals surface area contributed by atoms with Gasteiger partial charge >= 0.3 is 0 Å². The molecule has 0 N–H and O–H groups in total. The smallest absolute Gasteiger partial charge is 0.255 e. The van der Waals surface area contributed by atoms with E-state index in [0.717, 1.165) is 37.2 Å². The van der Waals surface area contributed by atoms with Crippen LogP contribution < -0.4 is 0 Å². The quantitative estimate of drug-likeness (QED) is 0.761. The average molecular weight is 405 g/mol. The van der Waals surface area contributed by atoms with Crippen LogP contribution in [-0.2, 0) is 0 Å². The molecule has 0 aromatic carbocycles. The number of carbonyl (C=O) groups excluding carboxylic acids is 1. The van der Waals surface area contributed by atoms with Crippen LogP contribution in [0.15, 0.2) is 42.9 Å². The lowest BCUT2D eigenvalue weighted by molar-refractivity contribution is -0.132. The lowest BCUT2D eigenvalue weighted by Crippen LogP contribution is -2.63. The van der Waals surface area contributed by atoms with E-state index in [4.69, 9.17) is 0 Å². The fraction of sp³-hybridized carbons (Fsp3) is 0.560. The van der Waals surface area contributed by atoms with Gasteiger partial charge in [-0.05, 0) is 62.4 Å². The molecular formula is C25H32N4O. The van der Waals surface area contributed by atoms with Gasteiger partial charge in [0, 0.05) is 61.4 Å². The Morgan fingerprint density at radius 1 is 1.03 bits per heavy atom. The van der Waals surface area contributed by atoms with Gasteiger partial charge in [0.1, 0.15) is 0 Å². The number of aryl methyl sites for hydroxylation is 1. The minimum absolute atomic E-state index is 0.136. The predicted molar refractivity (Wildman–Crippen MR) is 117 cm³/mol. The molecule has 3 aliphatic rings. The summed E-state index contributed by atoms with van der Waals surface area (Å²) < 4.78 is 0. The number of aromatic nitrogens is 2. The maximum Gasteiger partial charge on any atom is 0.255 e. The Morgan fingerprint density at radius 3 is 2.47 bits per heavy atom. The van der Waals surface area contributed by atoms with Crippen LogP contribution in [0.4, 0.5) is 0 Å². The Hall–Kier alpha value is -2.27. The molecule has 0 bridgehead atoms. The van der Waals surface area contributed by atoms with Gasteiger partial charge in [0.25, 0.3) is 5.91 Å². The molecule has 30 heavy (non-hydrogen) atoms. The first-order valence-electron chi connectivity index (χ1n) is 11.5. The van der Waals surface area contributed by atoms with Crippen molar-refractivity contribution in [3.63, 3.8) is 0 Å². The summed E-state index contributed by atoms with van der Waals surface area (Å²) in [5.41, 5.74) is 3.46. The summed E-state index contributed by atoms with van der Waals surface area (Å²) in [6, 6.07) is 9.28. The summed E-state index contributed by atoms with van der Waals surface area (Å²) in [6.45, 7) is 4.82. The summed E-state index contributed by atoms with van der Waals surface area (Å²) in [4.78, 5) is 26.3. The molecule has 2 aromatic rings. The maximum absolute atomic E-state index is 13.0. The molecule has 5 heteroatoms. The van der Waals surface area contributed by atoms with Gasteiger partial charge in [0.15, 0.2) is 0 Å². The zero-order valence-electron chi connectivity index (χ0n) is 18.0. The van der Waals surface area contributed by atoms with Crippen molar-refractivity contribution >= 4 is 5.91 Å². The number of amides is 1. The highest BCUT2D eigenvalue weighted by atomic mass is 16.2. The Labute approximate surface area is 179 Å². The Balaban J connectivity index is 1.29. The van der Waals surface area contributed by atoms with E-state index in [1.54, 1.807) is 6.20 Å². The average Bonchev–Trinajstić information content (AvgIpc) is 2.79. The van der Waals surface area contributed by atoms with Gasteiger partial charge in [-0.1, -0.05) is 19.3 Å². The van der Waals surface area contributed by atoms with Gasteiger partial charge < -0.3 is 4.90 Å². The Morgan fingerprint density at radius 2 is 1.77 bits per heavy atom. The van der Waals surface area contributed by atoms with Gasteiger partial charge in [-0.2, -0.15) is 0 Å². The zero-order chi connectivity index (χ0) is 20.6. The third-order valence-electron chi connectivity index (χ3n) is 7.74. The first kappa shape index (κ1) is 19.7. The number of pyridine rings is 2. The second kappa shape index (κ2) is 8.10. The van der Waals surface area contributed by atoms with Crippen LogP contribution in [0.25, 0.3) is 0 Å². The van der Waals surface area contributed by atoms with Crippen molar-refractivity contribution in [1.29, 1.82) is 0 Å². The van der Waals surface area contributed by atoms with Crippen LogP contribution in [0.2, 0.25) is 0 Å². The third-order valence-corrected chi connectivity index (χ3v) is 7.74. The number of rotatable bonds is 3. The normalized spacial score (nSPS) is 24.6. The number of piperidine rings is 1. The van der Waals surface area contributed by atoms with Crippen molar-refractivity contribution in [2.24, 2.45) is 5.41 Å². The number of carbonyl (C=O) groups is 1. The van der Waals surface area contributed by atoms with Crippen molar-refractivity contribution < 1.29 is 4.79 Å². The topological polar surface area (TPSA) is 49.3 Å². The largest absolute Gasteiger partial charge is 0.338 e. The van der Waals surface area contributed by atoms with Crippen LogP contribution in [0.5, 0.6) is 0 Å². The summed E-state index contributed by atoms with van der Waals surface area (Å²) in [5.74, 6) is 0.136. The minimum Gasteiger partial charge on any atom is -0.338 e. The van der Waals surface area contributed by atoms with Crippen LogP contribution in [-0.4, -0.2) is 51.4 Å². The van der Waals surface area contributed by atoms with Crippen molar-refractivity contribution in [3.8, 4) is 0 Å². The summed E-state index contributed by atoms with van der Waals surface area (Å²) in [7, 11) is 0. The standard InChI is InChI=1S/C25H32N4O/c1-19-22(6-5-13-27-19)24(30)28-16-9-21(10-17-28)29-18-25(11-3-2-4-12-25)23(29)20-7-14-26-15-8-20/h5-8,13-15,21,23H,2-4,9-12,16-18H2,1H3. The second-order valence-electron chi connectivity index (χ2n) is 9.44. The van der Waals surface area contributed by atoms with Crippen molar-refractivity contribution in [3.05, 3.63) is 59.7 Å². The second-order valence-corrected chi connectivity index (χ2v) is 9.44. The van der Waals surface area contributed by atoms with Gasteiger partial charge in [-0.25, -0.2) is 0 Å². The molecule has 1 amide bonds. The lowest BCUT2D eigenvalue weighted by atomic mass is 9.60. The molecule has 5 nitrogen and oxygen atoms in total. The number of hydrogen-bond donors (Lipinski definition) is 0. The van der Waals surface area contributed by atoms with E-state index in [-0.39, 0.29) is 5.91 Å². The maximum atomic E-state index is 13.0. The van der Waals surface area contributed by atoms with Crippen LogP contribution >= 0.6 is 0 Å². The van der Waals surface area contributed by atoms with Gasteiger partial charge in [-0.3, -0.25) is 19.7 Å². The van der Waals surface area contributed by atoms with Crippen LogP contribution in [0, 0.1) is 12.3 Å². The molecule has 1 atom stereocenters. The molecule has 1 saturated carbocycles. The minimum atomic E-state index is 0.136. The van der Waals surface area contributed by atoms with Crippen molar-refractivity contribution in [2.45, 2.75) is 64.0 Å². The molecule has 158 valence electrons. The van der Waals surface area contributed by atoms with Gasteiger partial charge in [0.2, 0.25) is 0 Å². The Kier molecular flexibility index (Phi) is 5.32. The SMILES string of the molecule is Cc1ncccc1C(=O)N1CCC(N2CC3(CCCCC3)C2c2ccncc2)CC1. The summed E-state index contributed by atoms with van der Waals surface area (Å²) >= 11 is 0. The molecule has 5 rings (SSSR count). The molecule has 0 radical (unpaired) electrons. The molecule has 1 spiro atoms. The van der Waals surface area contributed by atoms with Crippen LogP contribution in [0.3, 0.4) is 0 Å². The molecule has 1 unspecified atom stereocenters. The third kappa shape index (κ3) is 3.43. The lowest BCUT2D eigenvalue weighted by Gasteiger charge is -2.63. The van der Waals surface area contributed by atoms with Gasteiger partial charge in [0.05, 0.1) is 5.56 Å². The van der Waals surface area contributed by atoms with Crippen molar-refractivity contribution in [2.75, 3.05) is 19.6 Å². The van der Waals surface area contributed by atoms with Crippen LogP contribution in [0.1, 0.15) is 72.6 Å². The summed E-state index contributed by atoms with van der Waals surface area (Å²) in [6.07, 6.45) is 14.6. The molecule has 4 heterocycles. The number of likely N-dealkylation sites (tertiary alicyclic amines) is 2. The molecule has 2 saturated heterocycles. The number of hydrogen-bond acceptors (Lipinski definition) is 4. The highest BCUT2D eigenvalue weighted by Gasteiger charge is 2.55. The van der Waals surface area contributed by atoms with Gasteiger partial charge in [-0.15, -0.1) is 0 Å². The number of nitrogens with zero attached hydrogens (tertiary/aromatic N) is 4. The van der Waals surface area contributed by atoms with E-state index in [1.165, 1.54) is 44.2 Å². The zero-order valence-corrected chi connectivity index (χ0v) is 18.0. The fourth-order valence-electron chi connectivity index (χ4n) is 6.18. The fourth-order valence-corrected chi connectivity index (χ4v) is 6.18. The predicted octanol–water partition coefficient (Wildman–Crippen LogP) is 4.40. The molecule has 3 fully saturated rings. The first-order valence-corrected chi connectivity index (χ1v) is 11.5. The Bertz CT molecular complexity index is 885. The molecule has 2 aliphatic heterocycles. The van der Waals surface area contributed by atoms with E-state index < -0.39 is 0 Å². The van der Waals surface area contributed by atoms with E-state index in [1.807, 2.05) is 36.4 Å². The van der Waals surface area contributed by atoms with Crippen molar-refractivity contribution in [1.82, 2.24) is 19.8 Å². The highest BCUT2D eigenvalue weighted by molar-refractivity contribution is 5.95. The molecule has 1 aliphatic carbocycles. The van der Waals surface area contributed by atoms with E-state index >= 15 is 0 Å².